The van der Waals surface area contributed by atoms with Crippen molar-refractivity contribution in [3.63, 3.8) is 0 Å². The highest BCUT2D eigenvalue weighted by Crippen LogP contribution is 2.38. The minimum Gasteiger partial charge on any atom is -0.381 e. The van der Waals surface area contributed by atoms with Crippen LogP contribution in [-0.2, 0) is 11.3 Å². The maximum atomic E-state index is 5.60. The molecule has 2 aliphatic rings. The second kappa shape index (κ2) is 7.78. The summed E-state index contributed by atoms with van der Waals surface area (Å²) in [4.78, 5) is 8.52. The Balaban J connectivity index is 0.00000161. The number of likely N-dealkylation sites (tertiary alicyclic amines) is 1. The molecular formula is C15H24IN3OS. The zero-order valence-electron chi connectivity index (χ0n) is 12.5. The van der Waals surface area contributed by atoms with Crippen molar-refractivity contribution in [3.8, 4) is 0 Å². The number of hydrogen-bond acceptors (Lipinski definition) is 3. The summed E-state index contributed by atoms with van der Waals surface area (Å²) in [6.07, 6.45) is 2.43. The topological polar surface area (TPSA) is 36.9 Å². The molecule has 0 aromatic carbocycles. The molecule has 0 amide bonds. The first kappa shape index (κ1) is 17.0. The van der Waals surface area contributed by atoms with Gasteiger partial charge in [0.15, 0.2) is 5.96 Å². The van der Waals surface area contributed by atoms with Crippen LogP contribution in [0.5, 0.6) is 0 Å². The molecule has 21 heavy (non-hydrogen) atoms. The second-order valence-corrected chi connectivity index (χ2v) is 6.76. The van der Waals surface area contributed by atoms with E-state index in [2.05, 4.69) is 34.7 Å². The summed E-state index contributed by atoms with van der Waals surface area (Å²) in [5.74, 6) is 1.06. The number of halogens is 1. The summed E-state index contributed by atoms with van der Waals surface area (Å²) in [6, 6.07) is 4.23. The highest BCUT2D eigenvalue weighted by atomic mass is 127. The second-order valence-electron chi connectivity index (χ2n) is 5.72. The van der Waals surface area contributed by atoms with Gasteiger partial charge in [-0.15, -0.1) is 35.3 Å². The molecule has 4 nitrogen and oxygen atoms in total. The highest BCUT2D eigenvalue weighted by molar-refractivity contribution is 14.0. The quantitative estimate of drug-likeness (QED) is 0.463. The van der Waals surface area contributed by atoms with Crippen molar-refractivity contribution in [2.24, 2.45) is 10.4 Å². The third-order valence-corrected chi connectivity index (χ3v) is 5.08. The average Bonchev–Trinajstić information content (AvgIpc) is 3.18. The molecule has 1 spiro atoms. The highest BCUT2D eigenvalue weighted by Gasteiger charge is 2.42. The average molecular weight is 421 g/mol. The van der Waals surface area contributed by atoms with Gasteiger partial charge in [0.2, 0.25) is 0 Å². The molecule has 2 aliphatic heterocycles. The first-order valence-corrected chi connectivity index (χ1v) is 8.33. The molecule has 0 bridgehead atoms. The maximum Gasteiger partial charge on any atom is 0.194 e. The number of hydrogen-bond donors (Lipinski definition) is 1. The van der Waals surface area contributed by atoms with Crippen molar-refractivity contribution < 1.29 is 4.74 Å². The van der Waals surface area contributed by atoms with Gasteiger partial charge in [0.05, 0.1) is 13.2 Å². The molecule has 2 fully saturated rings. The van der Waals surface area contributed by atoms with E-state index in [1.54, 1.807) is 11.3 Å². The van der Waals surface area contributed by atoms with E-state index in [-0.39, 0.29) is 24.0 Å². The van der Waals surface area contributed by atoms with Crippen LogP contribution in [-0.4, -0.2) is 43.7 Å². The number of nitrogens with zero attached hydrogens (tertiary/aromatic N) is 2. The lowest BCUT2D eigenvalue weighted by molar-refractivity contribution is 0.156. The molecule has 0 saturated carbocycles. The fourth-order valence-corrected chi connectivity index (χ4v) is 3.70. The lowest BCUT2D eigenvalue weighted by Crippen LogP contribution is -2.41. The molecular weight excluding hydrogens is 397 g/mol. The van der Waals surface area contributed by atoms with E-state index < -0.39 is 0 Å². The molecule has 6 heteroatoms. The van der Waals surface area contributed by atoms with E-state index in [0.29, 0.717) is 5.41 Å². The first-order valence-electron chi connectivity index (χ1n) is 7.45. The zero-order valence-corrected chi connectivity index (χ0v) is 15.7. The minimum absolute atomic E-state index is 0. The largest absolute Gasteiger partial charge is 0.381 e. The third-order valence-electron chi connectivity index (χ3n) is 4.22. The van der Waals surface area contributed by atoms with Gasteiger partial charge >= 0.3 is 0 Å². The number of thiophene rings is 1. The van der Waals surface area contributed by atoms with Crippen LogP contribution in [0.1, 0.15) is 24.6 Å². The molecule has 1 atom stereocenters. The minimum atomic E-state index is 0. The summed E-state index contributed by atoms with van der Waals surface area (Å²) in [6.45, 7) is 7.86. The predicted octanol–water partition coefficient (Wildman–Crippen LogP) is 2.94. The fourth-order valence-electron chi connectivity index (χ4n) is 3.07. The van der Waals surface area contributed by atoms with E-state index in [1.807, 2.05) is 0 Å². The maximum absolute atomic E-state index is 5.60. The van der Waals surface area contributed by atoms with Crippen LogP contribution in [0.25, 0.3) is 0 Å². The van der Waals surface area contributed by atoms with Gasteiger partial charge in [-0.25, -0.2) is 4.99 Å². The molecule has 1 aromatic rings. The number of rotatable bonds is 3. The van der Waals surface area contributed by atoms with E-state index in [4.69, 9.17) is 9.73 Å². The SMILES string of the molecule is CCNC(=NCc1cccs1)N1CCC2(CCOC2)C1.I. The Hall–Kier alpha value is -0.340. The van der Waals surface area contributed by atoms with Gasteiger partial charge in [-0.05, 0) is 31.2 Å². The van der Waals surface area contributed by atoms with Crippen LogP contribution in [0.3, 0.4) is 0 Å². The lowest BCUT2D eigenvalue weighted by atomic mass is 9.87. The Morgan fingerprint density at radius 2 is 2.43 bits per heavy atom. The summed E-state index contributed by atoms with van der Waals surface area (Å²) >= 11 is 1.77. The number of ether oxygens (including phenoxy) is 1. The molecule has 0 radical (unpaired) electrons. The summed E-state index contributed by atoms with van der Waals surface area (Å²) < 4.78 is 5.60. The van der Waals surface area contributed by atoms with Crippen molar-refractivity contribution in [3.05, 3.63) is 22.4 Å². The van der Waals surface area contributed by atoms with Crippen molar-refractivity contribution >= 4 is 41.3 Å². The first-order chi connectivity index (χ1) is 9.81. The Morgan fingerprint density at radius 3 is 3.10 bits per heavy atom. The molecule has 1 unspecified atom stereocenters. The van der Waals surface area contributed by atoms with E-state index >= 15 is 0 Å². The van der Waals surface area contributed by atoms with Gasteiger partial charge in [0, 0.05) is 36.5 Å². The van der Waals surface area contributed by atoms with E-state index in [1.165, 1.54) is 17.7 Å². The number of nitrogens with one attached hydrogen (secondary N) is 1. The van der Waals surface area contributed by atoms with Gasteiger partial charge < -0.3 is 15.0 Å². The van der Waals surface area contributed by atoms with E-state index in [9.17, 15) is 0 Å². The van der Waals surface area contributed by atoms with Gasteiger partial charge in [-0.3, -0.25) is 0 Å². The Morgan fingerprint density at radius 1 is 1.52 bits per heavy atom. The summed E-state index contributed by atoms with van der Waals surface area (Å²) in [5.41, 5.74) is 0.388. The Bertz CT molecular complexity index is 457. The number of aliphatic imine (C=N–C) groups is 1. The molecule has 0 aliphatic carbocycles. The third kappa shape index (κ3) is 4.10. The number of guanidine groups is 1. The van der Waals surface area contributed by atoms with Gasteiger partial charge in [0.25, 0.3) is 0 Å². The molecule has 118 valence electrons. The molecule has 3 rings (SSSR count). The Kier molecular flexibility index (Phi) is 6.31. The van der Waals surface area contributed by atoms with Crippen LogP contribution >= 0.6 is 35.3 Å². The molecule has 3 heterocycles. The van der Waals surface area contributed by atoms with Gasteiger partial charge in [-0.2, -0.15) is 0 Å². The van der Waals surface area contributed by atoms with Crippen molar-refractivity contribution in [1.82, 2.24) is 10.2 Å². The summed E-state index contributed by atoms with van der Waals surface area (Å²) in [7, 11) is 0. The van der Waals surface area contributed by atoms with Gasteiger partial charge in [0.1, 0.15) is 0 Å². The molecule has 1 N–H and O–H groups in total. The Labute approximate surface area is 148 Å². The fraction of sp³-hybridized carbons (Fsp3) is 0.667. The van der Waals surface area contributed by atoms with Crippen LogP contribution in [0.2, 0.25) is 0 Å². The zero-order chi connectivity index (χ0) is 13.8. The van der Waals surface area contributed by atoms with Crippen LogP contribution in [0, 0.1) is 5.41 Å². The lowest BCUT2D eigenvalue weighted by Gasteiger charge is -2.24. The van der Waals surface area contributed by atoms with Crippen molar-refractivity contribution in [2.45, 2.75) is 26.3 Å². The van der Waals surface area contributed by atoms with E-state index in [0.717, 1.165) is 45.4 Å². The van der Waals surface area contributed by atoms with Crippen molar-refractivity contribution in [2.75, 3.05) is 32.8 Å². The van der Waals surface area contributed by atoms with Crippen LogP contribution < -0.4 is 5.32 Å². The molecule has 1 aromatic heterocycles. The molecule has 2 saturated heterocycles. The predicted molar refractivity (Wildman–Crippen MR) is 98.6 cm³/mol. The monoisotopic (exact) mass is 421 g/mol. The smallest absolute Gasteiger partial charge is 0.194 e. The van der Waals surface area contributed by atoms with Gasteiger partial charge in [-0.1, -0.05) is 6.07 Å². The summed E-state index contributed by atoms with van der Waals surface area (Å²) in [5, 5.41) is 5.54. The van der Waals surface area contributed by atoms with Crippen molar-refractivity contribution in [1.29, 1.82) is 0 Å². The standard InChI is InChI=1S/C15H23N3OS.HI/c1-2-16-14(17-10-13-4-3-9-20-13)18-7-5-15(11-18)6-8-19-12-15;/h3-4,9H,2,5-8,10-12H2,1H3,(H,16,17);1H. The normalized spacial score (nSPS) is 25.4. The van der Waals surface area contributed by atoms with Crippen LogP contribution in [0.15, 0.2) is 22.5 Å². The van der Waals surface area contributed by atoms with Crippen LogP contribution in [0.4, 0.5) is 0 Å².